The van der Waals surface area contributed by atoms with Gasteiger partial charge in [0.15, 0.2) is 0 Å². The fraction of sp³-hybridized carbons (Fsp3) is 0.900. The van der Waals surface area contributed by atoms with E-state index in [1.807, 2.05) is 11.1 Å². The summed E-state index contributed by atoms with van der Waals surface area (Å²) in [5.41, 5.74) is 3.64. The normalized spacial score (nSPS) is 12.6. The lowest BCUT2D eigenvalue weighted by Crippen LogP contribution is -1.95. The minimum atomic E-state index is 1.29. The van der Waals surface area contributed by atoms with Gasteiger partial charge in [0.05, 0.1) is 0 Å². The van der Waals surface area contributed by atoms with Crippen molar-refractivity contribution < 1.29 is 0 Å². The molecule has 0 heteroatoms. The van der Waals surface area contributed by atoms with Gasteiger partial charge in [-0.2, -0.15) is 0 Å². The number of hydrogen-bond acceptors (Lipinski definition) is 0. The van der Waals surface area contributed by atoms with Gasteiger partial charge in [0.2, 0.25) is 0 Å². The largest absolute Gasteiger partial charge is 0.0713 e. The van der Waals surface area contributed by atoms with E-state index in [1.54, 1.807) is 0 Å². The Kier molecular flexibility index (Phi) is 14.9. The molecule has 0 aromatic rings. The van der Waals surface area contributed by atoms with E-state index in [1.165, 1.54) is 89.9 Å². The van der Waals surface area contributed by atoms with Crippen LogP contribution in [0.3, 0.4) is 0 Å². The Bertz CT molecular complexity index is 224. The van der Waals surface area contributed by atoms with Crippen LogP contribution in [0.1, 0.15) is 118 Å². The smallest absolute Gasteiger partial charge is 0.0318 e. The second kappa shape index (κ2) is 15.1. The van der Waals surface area contributed by atoms with Crippen molar-refractivity contribution in [2.45, 2.75) is 118 Å². The highest BCUT2D eigenvalue weighted by molar-refractivity contribution is 5.14. The molecule has 0 aliphatic rings. The molecule has 0 rings (SSSR count). The van der Waals surface area contributed by atoms with E-state index in [9.17, 15) is 0 Å². The van der Waals surface area contributed by atoms with Crippen molar-refractivity contribution in [1.82, 2.24) is 0 Å². The standard InChI is InChI=1S/C20H40/c1-5-9-12-13-15-17-19(8-4)20(16-11-7-3)18-14-10-6-2/h5-18H2,1-4H3. The number of hydrogen-bond donors (Lipinski definition) is 0. The van der Waals surface area contributed by atoms with Crippen molar-refractivity contribution in [3.05, 3.63) is 11.1 Å². The SMILES string of the molecule is CCCCCCCC(CC)=C(CCCC)CCCCC. The van der Waals surface area contributed by atoms with Gasteiger partial charge in [0, 0.05) is 0 Å². The molecule has 0 unspecified atom stereocenters. The Labute approximate surface area is 129 Å². The Balaban J connectivity index is 4.29. The molecule has 0 atom stereocenters. The molecule has 0 amide bonds. The van der Waals surface area contributed by atoms with Crippen LogP contribution < -0.4 is 0 Å². The van der Waals surface area contributed by atoms with E-state index in [4.69, 9.17) is 0 Å². The summed E-state index contributed by atoms with van der Waals surface area (Å²) in [6, 6.07) is 0. The first kappa shape index (κ1) is 19.7. The molecule has 0 nitrogen and oxygen atoms in total. The van der Waals surface area contributed by atoms with Crippen molar-refractivity contribution in [3.63, 3.8) is 0 Å². The zero-order valence-electron chi connectivity index (χ0n) is 14.9. The van der Waals surface area contributed by atoms with E-state index >= 15 is 0 Å². The predicted octanol–water partition coefficient (Wildman–Crippen LogP) is 7.82. The Hall–Kier alpha value is -0.260. The minimum absolute atomic E-state index is 1.29. The summed E-state index contributed by atoms with van der Waals surface area (Å²) in [6.45, 7) is 9.30. The molecule has 0 aromatic heterocycles. The average Bonchev–Trinajstić information content (AvgIpc) is 2.47. The topological polar surface area (TPSA) is 0 Å². The van der Waals surface area contributed by atoms with E-state index in [2.05, 4.69) is 27.7 Å². The molecule has 0 saturated carbocycles. The van der Waals surface area contributed by atoms with Crippen LogP contribution in [0, 0.1) is 0 Å². The maximum absolute atomic E-state index is 2.37. The second-order valence-corrected chi connectivity index (χ2v) is 6.29. The summed E-state index contributed by atoms with van der Waals surface area (Å²) in [6.07, 6.45) is 19.4. The first-order valence-electron chi connectivity index (χ1n) is 9.49. The lowest BCUT2D eigenvalue weighted by atomic mass is 9.92. The summed E-state index contributed by atoms with van der Waals surface area (Å²) < 4.78 is 0. The highest BCUT2D eigenvalue weighted by atomic mass is 14.1. The van der Waals surface area contributed by atoms with Gasteiger partial charge < -0.3 is 0 Å². The van der Waals surface area contributed by atoms with Crippen LogP contribution >= 0.6 is 0 Å². The molecule has 0 aliphatic heterocycles. The molecule has 0 bridgehead atoms. The highest BCUT2D eigenvalue weighted by Gasteiger charge is 2.05. The predicted molar refractivity (Wildman–Crippen MR) is 94.4 cm³/mol. The molecule has 0 spiro atoms. The fourth-order valence-corrected chi connectivity index (χ4v) is 3.00. The summed E-state index contributed by atoms with van der Waals surface area (Å²) in [5, 5.41) is 0. The molecule has 0 N–H and O–H groups in total. The molecular formula is C20H40. The Morgan fingerprint density at radius 2 is 0.900 bits per heavy atom. The van der Waals surface area contributed by atoms with E-state index in [0.29, 0.717) is 0 Å². The lowest BCUT2D eigenvalue weighted by Gasteiger charge is -2.15. The maximum atomic E-state index is 2.37. The maximum Gasteiger partial charge on any atom is -0.0318 e. The van der Waals surface area contributed by atoms with Crippen LogP contribution in [0.4, 0.5) is 0 Å². The highest BCUT2D eigenvalue weighted by Crippen LogP contribution is 2.25. The van der Waals surface area contributed by atoms with Gasteiger partial charge in [-0.25, -0.2) is 0 Å². The van der Waals surface area contributed by atoms with Crippen molar-refractivity contribution >= 4 is 0 Å². The van der Waals surface area contributed by atoms with Crippen molar-refractivity contribution in [3.8, 4) is 0 Å². The molecule has 0 aliphatic carbocycles. The van der Waals surface area contributed by atoms with Crippen LogP contribution in [0.25, 0.3) is 0 Å². The molecule has 0 fully saturated rings. The van der Waals surface area contributed by atoms with E-state index < -0.39 is 0 Å². The van der Waals surface area contributed by atoms with Gasteiger partial charge in [-0.15, -0.1) is 0 Å². The van der Waals surface area contributed by atoms with Gasteiger partial charge >= 0.3 is 0 Å². The first-order valence-corrected chi connectivity index (χ1v) is 9.49. The fourth-order valence-electron chi connectivity index (χ4n) is 3.00. The lowest BCUT2D eigenvalue weighted by molar-refractivity contribution is 0.613. The molecule has 120 valence electrons. The summed E-state index contributed by atoms with van der Waals surface area (Å²) >= 11 is 0. The second-order valence-electron chi connectivity index (χ2n) is 6.29. The van der Waals surface area contributed by atoms with Gasteiger partial charge in [-0.1, -0.05) is 83.8 Å². The van der Waals surface area contributed by atoms with Gasteiger partial charge in [-0.05, 0) is 44.9 Å². The number of allylic oxidation sites excluding steroid dienone is 2. The van der Waals surface area contributed by atoms with Crippen molar-refractivity contribution in [2.24, 2.45) is 0 Å². The third-order valence-electron chi connectivity index (χ3n) is 4.42. The van der Waals surface area contributed by atoms with Gasteiger partial charge in [0.25, 0.3) is 0 Å². The molecule has 0 aromatic carbocycles. The quantitative estimate of drug-likeness (QED) is 0.225. The number of rotatable bonds is 14. The van der Waals surface area contributed by atoms with Crippen LogP contribution in [0.15, 0.2) is 11.1 Å². The number of unbranched alkanes of at least 4 members (excludes halogenated alkanes) is 7. The van der Waals surface area contributed by atoms with Crippen LogP contribution in [-0.2, 0) is 0 Å². The van der Waals surface area contributed by atoms with Gasteiger partial charge in [0.1, 0.15) is 0 Å². The zero-order chi connectivity index (χ0) is 15.1. The Morgan fingerprint density at radius 3 is 1.50 bits per heavy atom. The van der Waals surface area contributed by atoms with Gasteiger partial charge in [-0.3, -0.25) is 0 Å². The molecule has 20 heavy (non-hydrogen) atoms. The Morgan fingerprint density at radius 1 is 0.450 bits per heavy atom. The van der Waals surface area contributed by atoms with Crippen LogP contribution in [0.2, 0.25) is 0 Å². The zero-order valence-corrected chi connectivity index (χ0v) is 14.9. The van der Waals surface area contributed by atoms with Crippen LogP contribution in [-0.4, -0.2) is 0 Å². The van der Waals surface area contributed by atoms with Crippen molar-refractivity contribution in [1.29, 1.82) is 0 Å². The van der Waals surface area contributed by atoms with E-state index in [-0.39, 0.29) is 0 Å². The van der Waals surface area contributed by atoms with Crippen molar-refractivity contribution in [2.75, 3.05) is 0 Å². The molecular weight excluding hydrogens is 240 g/mol. The molecule has 0 heterocycles. The van der Waals surface area contributed by atoms with Crippen LogP contribution in [0.5, 0.6) is 0 Å². The summed E-state index contributed by atoms with van der Waals surface area (Å²) in [5.74, 6) is 0. The summed E-state index contributed by atoms with van der Waals surface area (Å²) in [4.78, 5) is 0. The minimum Gasteiger partial charge on any atom is -0.0713 e. The monoisotopic (exact) mass is 280 g/mol. The molecule has 0 saturated heterocycles. The average molecular weight is 281 g/mol. The summed E-state index contributed by atoms with van der Waals surface area (Å²) in [7, 11) is 0. The first-order chi connectivity index (χ1) is 9.79. The van der Waals surface area contributed by atoms with E-state index in [0.717, 1.165) is 0 Å². The third-order valence-corrected chi connectivity index (χ3v) is 4.42. The molecule has 0 radical (unpaired) electrons. The third kappa shape index (κ3) is 10.5.